The SMILES string of the molecule is CCCOc1ccccc1/C=C(\C#N)C(=O)Nc1cc(C(F)(F)F)ccc1Cl. The molecule has 28 heavy (non-hydrogen) atoms. The molecule has 4 nitrogen and oxygen atoms in total. The number of nitriles is 1. The number of halogens is 4. The zero-order valence-electron chi connectivity index (χ0n) is 14.8. The lowest BCUT2D eigenvalue weighted by Gasteiger charge is -2.12. The molecule has 0 saturated heterocycles. The van der Waals surface area contributed by atoms with E-state index in [0.717, 1.165) is 18.6 Å². The van der Waals surface area contributed by atoms with Crippen LogP contribution in [0.25, 0.3) is 6.08 Å². The Labute approximate surface area is 165 Å². The van der Waals surface area contributed by atoms with E-state index in [1.165, 1.54) is 6.08 Å². The van der Waals surface area contributed by atoms with Gasteiger partial charge in [-0.05, 0) is 36.8 Å². The van der Waals surface area contributed by atoms with Gasteiger partial charge in [0.05, 0.1) is 22.9 Å². The number of hydrogen-bond donors (Lipinski definition) is 1. The third-order valence-electron chi connectivity index (χ3n) is 3.59. The van der Waals surface area contributed by atoms with Crippen molar-refractivity contribution in [1.82, 2.24) is 0 Å². The molecule has 0 aromatic heterocycles. The summed E-state index contributed by atoms with van der Waals surface area (Å²) in [4.78, 5) is 12.4. The smallest absolute Gasteiger partial charge is 0.416 e. The molecule has 0 bridgehead atoms. The summed E-state index contributed by atoms with van der Waals surface area (Å²) in [5.74, 6) is -0.393. The maximum Gasteiger partial charge on any atom is 0.416 e. The molecule has 0 aliphatic rings. The molecule has 0 radical (unpaired) electrons. The molecule has 8 heteroatoms. The van der Waals surface area contributed by atoms with E-state index in [4.69, 9.17) is 16.3 Å². The van der Waals surface area contributed by atoms with Gasteiger partial charge >= 0.3 is 6.18 Å². The van der Waals surface area contributed by atoms with Crippen molar-refractivity contribution in [3.05, 3.63) is 64.2 Å². The highest BCUT2D eigenvalue weighted by Gasteiger charge is 2.31. The number of benzene rings is 2. The Morgan fingerprint density at radius 3 is 2.64 bits per heavy atom. The van der Waals surface area contributed by atoms with Crippen LogP contribution in [0, 0.1) is 11.3 Å². The maximum absolute atomic E-state index is 12.9. The zero-order valence-corrected chi connectivity index (χ0v) is 15.6. The van der Waals surface area contributed by atoms with Crippen molar-refractivity contribution in [1.29, 1.82) is 5.26 Å². The Morgan fingerprint density at radius 1 is 1.29 bits per heavy atom. The second-order valence-electron chi connectivity index (χ2n) is 5.70. The number of carbonyl (C=O) groups excluding carboxylic acids is 1. The van der Waals surface area contributed by atoms with Crippen LogP contribution in [0.4, 0.5) is 18.9 Å². The molecule has 1 N–H and O–H groups in total. The molecule has 0 fully saturated rings. The highest BCUT2D eigenvalue weighted by atomic mass is 35.5. The second-order valence-corrected chi connectivity index (χ2v) is 6.11. The Morgan fingerprint density at radius 2 is 2.00 bits per heavy atom. The van der Waals surface area contributed by atoms with E-state index in [1.807, 2.05) is 6.92 Å². The number of hydrogen-bond acceptors (Lipinski definition) is 3. The van der Waals surface area contributed by atoms with Crippen molar-refractivity contribution in [2.24, 2.45) is 0 Å². The van der Waals surface area contributed by atoms with Crippen LogP contribution < -0.4 is 10.1 Å². The summed E-state index contributed by atoms with van der Waals surface area (Å²) in [6, 6.07) is 11.1. The van der Waals surface area contributed by atoms with E-state index in [-0.39, 0.29) is 16.3 Å². The highest BCUT2D eigenvalue weighted by molar-refractivity contribution is 6.34. The summed E-state index contributed by atoms with van der Waals surface area (Å²) in [5.41, 5.74) is -1.01. The minimum absolute atomic E-state index is 0.0784. The van der Waals surface area contributed by atoms with Gasteiger partial charge < -0.3 is 10.1 Å². The Kier molecular flexibility index (Phi) is 7.07. The van der Waals surface area contributed by atoms with Gasteiger partial charge in [-0.2, -0.15) is 18.4 Å². The molecule has 0 atom stereocenters. The topological polar surface area (TPSA) is 62.1 Å². The zero-order chi connectivity index (χ0) is 20.7. The molecule has 2 rings (SSSR count). The number of carbonyl (C=O) groups is 1. The van der Waals surface area contributed by atoms with Crippen LogP contribution in [0.15, 0.2) is 48.0 Å². The molecule has 0 saturated carbocycles. The molecular formula is C20H16ClF3N2O2. The third kappa shape index (κ3) is 5.51. The average molecular weight is 409 g/mol. The van der Waals surface area contributed by atoms with E-state index in [0.29, 0.717) is 24.0 Å². The Balaban J connectivity index is 2.31. The number of amides is 1. The fourth-order valence-electron chi connectivity index (χ4n) is 2.23. The van der Waals surface area contributed by atoms with E-state index in [9.17, 15) is 23.2 Å². The Hall–Kier alpha value is -2.98. The lowest BCUT2D eigenvalue weighted by molar-refractivity contribution is -0.137. The molecule has 1 amide bonds. The molecule has 0 spiro atoms. The minimum Gasteiger partial charge on any atom is -0.493 e. The molecule has 0 heterocycles. The van der Waals surface area contributed by atoms with Crippen LogP contribution in [-0.2, 0) is 11.0 Å². The van der Waals surface area contributed by atoms with Crippen molar-refractivity contribution in [2.75, 3.05) is 11.9 Å². The summed E-state index contributed by atoms with van der Waals surface area (Å²) in [7, 11) is 0. The van der Waals surface area contributed by atoms with Gasteiger partial charge in [0, 0.05) is 5.56 Å². The summed E-state index contributed by atoms with van der Waals surface area (Å²) in [6.07, 6.45) is -2.51. The molecule has 0 unspecified atom stereocenters. The third-order valence-corrected chi connectivity index (χ3v) is 3.92. The number of nitrogens with zero attached hydrogens (tertiary/aromatic N) is 1. The van der Waals surface area contributed by atoms with Crippen molar-refractivity contribution in [3.63, 3.8) is 0 Å². The molecular weight excluding hydrogens is 393 g/mol. The van der Waals surface area contributed by atoms with Gasteiger partial charge in [0.15, 0.2) is 0 Å². The first-order chi connectivity index (χ1) is 13.3. The van der Waals surface area contributed by atoms with Crippen LogP contribution in [-0.4, -0.2) is 12.5 Å². The highest BCUT2D eigenvalue weighted by Crippen LogP contribution is 2.34. The number of rotatable bonds is 6. The predicted molar refractivity (Wildman–Crippen MR) is 101 cm³/mol. The van der Waals surface area contributed by atoms with Gasteiger partial charge in [-0.15, -0.1) is 0 Å². The molecule has 2 aromatic rings. The first-order valence-electron chi connectivity index (χ1n) is 8.28. The number of nitrogens with one attached hydrogen (secondary N) is 1. The molecule has 0 aliphatic heterocycles. The number of anilines is 1. The van der Waals surface area contributed by atoms with E-state index in [2.05, 4.69) is 5.32 Å². The average Bonchev–Trinajstić information content (AvgIpc) is 2.65. The lowest BCUT2D eigenvalue weighted by atomic mass is 10.1. The number of para-hydroxylation sites is 1. The van der Waals surface area contributed by atoms with Gasteiger partial charge in [-0.3, -0.25) is 4.79 Å². The normalized spacial score (nSPS) is 11.6. The summed E-state index contributed by atoms with van der Waals surface area (Å²) in [5, 5.41) is 11.5. The summed E-state index contributed by atoms with van der Waals surface area (Å²) in [6.45, 7) is 2.39. The second kappa shape index (κ2) is 9.29. The molecule has 0 aliphatic carbocycles. The fraction of sp³-hybridized carbons (Fsp3) is 0.200. The van der Waals surface area contributed by atoms with Gasteiger partial charge in [0.1, 0.15) is 17.4 Å². The lowest BCUT2D eigenvalue weighted by Crippen LogP contribution is -2.15. The molecule has 2 aromatic carbocycles. The first kappa shape index (κ1) is 21.3. The fourth-order valence-corrected chi connectivity index (χ4v) is 2.40. The van der Waals surface area contributed by atoms with Crippen LogP contribution in [0.1, 0.15) is 24.5 Å². The summed E-state index contributed by atoms with van der Waals surface area (Å²) < 4.78 is 44.2. The van der Waals surface area contributed by atoms with E-state index in [1.54, 1.807) is 30.3 Å². The van der Waals surface area contributed by atoms with Gasteiger partial charge in [0.2, 0.25) is 0 Å². The van der Waals surface area contributed by atoms with Crippen molar-refractivity contribution in [2.45, 2.75) is 19.5 Å². The Bertz CT molecular complexity index is 934. The van der Waals surface area contributed by atoms with Crippen LogP contribution >= 0.6 is 11.6 Å². The van der Waals surface area contributed by atoms with Crippen molar-refractivity contribution >= 4 is 29.3 Å². The van der Waals surface area contributed by atoms with Crippen LogP contribution in [0.3, 0.4) is 0 Å². The maximum atomic E-state index is 12.9. The van der Waals surface area contributed by atoms with Crippen LogP contribution in [0.2, 0.25) is 5.02 Å². The van der Waals surface area contributed by atoms with E-state index >= 15 is 0 Å². The summed E-state index contributed by atoms with van der Waals surface area (Å²) >= 11 is 5.88. The van der Waals surface area contributed by atoms with E-state index < -0.39 is 17.6 Å². The largest absolute Gasteiger partial charge is 0.493 e. The molecule has 146 valence electrons. The van der Waals surface area contributed by atoms with Gasteiger partial charge in [0.25, 0.3) is 5.91 Å². The van der Waals surface area contributed by atoms with Gasteiger partial charge in [-0.1, -0.05) is 36.7 Å². The van der Waals surface area contributed by atoms with Crippen molar-refractivity contribution < 1.29 is 22.7 Å². The number of ether oxygens (including phenoxy) is 1. The van der Waals surface area contributed by atoms with Gasteiger partial charge in [-0.25, -0.2) is 0 Å². The van der Waals surface area contributed by atoms with Crippen LogP contribution in [0.5, 0.6) is 5.75 Å². The standard InChI is InChI=1S/C20H16ClF3N2O2/c1-2-9-28-18-6-4-3-5-13(18)10-14(12-25)19(27)26-17-11-15(20(22,23)24)7-8-16(17)21/h3-8,10-11H,2,9H2,1H3,(H,26,27)/b14-10+. The number of alkyl halides is 3. The van der Waals surface area contributed by atoms with Crippen molar-refractivity contribution in [3.8, 4) is 11.8 Å². The predicted octanol–water partition coefficient (Wildman–Crippen LogP) is 5.69. The quantitative estimate of drug-likeness (QED) is 0.493. The minimum atomic E-state index is -4.59. The monoisotopic (exact) mass is 408 g/mol. The first-order valence-corrected chi connectivity index (χ1v) is 8.65.